The third kappa shape index (κ3) is 8.38. The Hall–Kier alpha value is -4.33. The summed E-state index contributed by atoms with van der Waals surface area (Å²) in [6, 6.07) is 23.7. The Morgan fingerprint density at radius 2 is 1.35 bits per heavy atom. The van der Waals surface area contributed by atoms with Gasteiger partial charge in [-0.2, -0.15) is 30.3 Å². The van der Waals surface area contributed by atoms with Crippen LogP contribution in [0.3, 0.4) is 0 Å². The van der Waals surface area contributed by atoms with Gasteiger partial charge in [0.1, 0.15) is 5.92 Å². The van der Waals surface area contributed by atoms with E-state index in [2.05, 4.69) is 18.0 Å². The van der Waals surface area contributed by atoms with Gasteiger partial charge in [0.05, 0.1) is 11.6 Å². The molecule has 1 radical (unpaired) electrons. The monoisotopic (exact) mass is 537 g/mol. The van der Waals surface area contributed by atoms with Crippen molar-refractivity contribution >= 4 is 35.6 Å². The molecule has 0 heterocycles. The van der Waals surface area contributed by atoms with Gasteiger partial charge in [0.2, 0.25) is 5.91 Å². The molecule has 3 aromatic carbocycles. The minimum Gasteiger partial charge on any atom is -0.478 e. The number of ketones is 2. The minimum absolute atomic E-state index is 0. The second-order valence-corrected chi connectivity index (χ2v) is 7.81. The number of carboxylic acids is 1. The molecule has 3 aromatic rings. The number of benzene rings is 3. The van der Waals surface area contributed by atoms with Crippen LogP contribution in [0.5, 0.6) is 0 Å². The van der Waals surface area contributed by atoms with Crippen LogP contribution < -0.4 is 5.32 Å². The zero-order valence-electron chi connectivity index (χ0n) is 19.7. The van der Waals surface area contributed by atoms with Gasteiger partial charge in [-0.05, 0) is 41.5 Å². The predicted molar refractivity (Wildman–Crippen MR) is 138 cm³/mol. The molecule has 6 nitrogen and oxygen atoms in total. The fourth-order valence-corrected chi connectivity index (χ4v) is 3.51. The molecule has 0 saturated carbocycles. The Labute approximate surface area is 225 Å². The number of allylic oxidation sites excluding steroid dienone is 2. The molecule has 2 N–H and O–H groups in total. The van der Waals surface area contributed by atoms with Crippen molar-refractivity contribution in [2.75, 3.05) is 0 Å². The SMILES string of the molecule is C=CC(=O)NC(c1ccccc1)C(C(=O)/C=C/c1cc[c-]cc1)C(=O)/C=C/c1ccc(C(=O)O)cc1.[Co]. The number of aromatic carboxylic acids is 1. The summed E-state index contributed by atoms with van der Waals surface area (Å²) >= 11 is 0. The average Bonchev–Trinajstić information content (AvgIpc) is 2.91. The standard InChI is InChI=1S/C30H24NO5.Co/c1-2-27(34)31-29(23-11-7-4-8-12-23)28(25(32)19-15-21-9-5-3-6-10-21)26(33)20-16-22-13-17-24(18-14-22)30(35)36;/h2,4-20,28-29H,1H2,(H,31,34)(H,35,36);/q-1;/b19-15+,20-16+;. The molecule has 0 spiro atoms. The topological polar surface area (TPSA) is 101 Å². The quantitative estimate of drug-likeness (QED) is 0.210. The van der Waals surface area contributed by atoms with E-state index in [-0.39, 0.29) is 22.3 Å². The van der Waals surface area contributed by atoms with Crippen LogP contribution in [0.25, 0.3) is 12.2 Å². The van der Waals surface area contributed by atoms with Gasteiger partial charge in [0.15, 0.2) is 11.6 Å². The van der Waals surface area contributed by atoms with Gasteiger partial charge in [-0.15, -0.1) is 5.56 Å². The third-order valence-electron chi connectivity index (χ3n) is 5.37. The number of hydrogen-bond acceptors (Lipinski definition) is 4. The van der Waals surface area contributed by atoms with Crippen molar-refractivity contribution in [1.29, 1.82) is 0 Å². The molecule has 3 rings (SSSR count). The van der Waals surface area contributed by atoms with Crippen LogP contribution in [0.15, 0.2) is 104 Å². The van der Waals surface area contributed by atoms with E-state index in [4.69, 9.17) is 5.11 Å². The molecular weight excluding hydrogens is 513 g/mol. The Bertz CT molecular complexity index is 1300. The molecule has 1 amide bonds. The smallest absolute Gasteiger partial charge is 0.335 e. The second kappa shape index (κ2) is 14.3. The molecule has 2 atom stereocenters. The van der Waals surface area contributed by atoms with Crippen LogP contribution in [0.2, 0.25) is 0 Å². The van der Waals surface area contributed by atoms with Crippen LogP contribution in [-0.4, -0.2) is 28.5 Å². The fourth-order valence-electron chi connectivity index (χ4n) is 3.51. The van der Waals surface area contributed by atoms with E-state index < -0.39 is 35.4 Å². The van der Waals surface area contributed by atoms with E-state index in [0.29, 0.717) is 11.1 Å². The maximum Gasteiger partial charge on any atom is 0.335 e. The molecule has 0 fully saturated rings. The first-order chi connectivity index (χ1) is 17.4. The molecule has 2 unspecified atom stereocenters. The molecule has 0 saturated heterocycles. The Balaban J connectivity index is 0.00000481. The van der Waals surface area contributed by atoms with Crippen LogP contribution in [0, 0.1) is 12.0 Å². The van der Waals surface area contributed by atoms with Gasteiger partial charge in [-0.3, -0.25) is 14.4 Å². The Morgan fingerprint density at radius 1 is 0.811 bits per heavy atom. The zero-order valence-corrected chi connectivity index (χ0v) is 20.7. The number of carboxylic acid groups (broad SMARTS) is 1. The zero-order chi connectivity index (χ0) is 25.9. The molecule has 0 aromatic heterocycles. The average molecular weight is 537 g/mol. The van der Waals surface area contributed by atoms with Gasteiger partial charge >= 0.3 is 5.97 Å². The van der Waals surface area contributed by atoms with E-state index in [9.17, 15) is 19.2 Å². The number of carbonyl (C=O) groups is 4. The largest absolute Gasteiger partial charge is 0.478 e. The number of hydrogen-bond donors (Lipinski definition) is 2. The first-order valence-corrected chi connectivity index (χ1v) is 11.1. The third-order valence-corrected chi connectivity index (χ3v) is 5.37. The summed E-state index contributed by atoms with van der Waals surface area (Å²) < 4.78 is 0. The van der Waals surface area contributed by atoms with Crippen molar-refractivity contribution in [2.45, 2.75) is 6.04 Å². The van der Waals surface area contributed by atoms with E-state index in [1.165, 1.54) is 30.4 Å². The summed E-state index contributed by atoms with van der Waals surface area (Å²) in [5.74, 6) is -3.84. The first kappa shape index (κ1) is 28.9. The fraction of sp³-hybridized carbons (Fsp3) is 0.0667. The maximum atomic E-state index is 13.4. The molecule has 0 aliphatic carbocycles. The summed E-state index contributed by atoms with van der Waals surface area (Å²) in [4.78, 5) is 50.1. The van der Waals surface area contributed by atoms with Gasteiger partial charge in [0.25, 0.3) is 0 Å². The number of amides is 1. The van der Waals surface area contributed by atoms with Gasteiger partial charge in [0, 0.05) is 16.8 Å². The van der Waals surface area contributed by atoms with Crippen LogP contribution in [0.1, 0.15) is 33.1 Å². The molecule has 7 heteroatoms. The summed E-state index contributed by atoms with van der Waals surface area (Å²) in [6.45, 7) is 3.47. The molecule has 0 aliphatic heterocycles. The second-order valence-electron chi connectivity index (χ2n) is 7.81. The van der Waals surface area contributed by atoms with Gasteiger partial charge in [-0.1, -0.05) is 61.2 Å². The molecule has 0 bridgehead atoms. The van der Waals surface area contributed by atoms with Crippen LogP contribution in [-0.2, 0) is 31.2 Å². The normalized spacial score (nSPS) is 12.3. The number of nitrogens with one attached hydrogen (secondary N) is 1. The van der Waals surface area contributed by atoms with Gasteiger partial charge in [-0.25, -0.2) is 4.79 Å². The van der Waals surface area contributed by atoms with Crippen molar-refractivity contribution in [3.63, 3.8) is 0 Å². The minimum atomic E-state index is -1.25. The number of carbonyl (C=O) groups excluding carboxylic acids is 3. The molecule has 37 heavy (non-hydrogen) atoms. The molecule has 0 aliphatic rings. The molecular formula is C30H24CoNO5-. The summed E-state index contributed by atoms with van der Waals surface area (Å²) in [5, 5.41) is 11.8. The Morgan fingerprint density at radius 3 is 1.86 bits per heavy atom. The van der Waals surface area contributed by atoms with Crippen molar-refractivity contribution in [3.05, 3.63) is 132 Å². The Kier molecular flexibility index (Phi) is 11.2. The van der Waals surface area contributed by atoms with Gasteiger partial charge < -0.3 is 10.4 Å². The summed E-state index contributed by atoms with van der Waals surface area (Å²) in [6.07, 6.45) is 6.77. The molecule has 189 valence electrons. The van der Waals surface area contributed by atoms with Crippen molar-refractivity contribution in [1.82, 2.24) is 5.32 Å². The maximum absolute atomic E-state index is 13.4. The van der Waals surface area contributed by atoms with Crippen molar-refractivity contribution < 1.29 is 41.1 Å². The number of rotatable bonds is 11. The summed E-state index contributed by atoms with van der Waals surface area (Å²) in [5.41, 5.74) is 2.04. The van der Waals surface area contributed by atoms with E-state index >= 15 is 0 Å². The first-order valence-electron chi connectivity index (χ1n) is 11.1. The predicted octanol–water partition coefficient (Wildman–Crippen LogP) is 4.71. The van der Waals surface area contributed by atoms with E-state index in [1.807, 2.05) is 0 Å². The van der Waals surface area contributed by atoms with Crippen molar-refractivity contribution in [3.8, 4) is 0 Å². The van der Waals surface area contributed by atoms with Crippen LogP contribution >= 0.6 is 0 Å². The van der Waals surface area contributed by atoms with E-state index in [1.54, 1.807) is 72.8 Å². The summed E-state index contributed by atoms with van der Waals surface area (Å²) in [7, 11) is 0. The van der Waals surface area contributed by atoms with E-state index in [0.717, 1.165) is 11.6 Å². The van der Waals surface area contributed by atoms with Crippen LogP contribution in [0.4, 0.5) is 0 Å². The van der Waals surface area contributed by atoms with Crippen molar-refractivity contribution in [2.24, 2.45) is 5.92 Å².